The predicted molar refractivity (Wildman–Crippen MR) is 80.8 cm³/mol. The molecule has 0 unspecified atom stereocenters. The third-order valence-electron chi connectivity index (χ3n) is 3.34. The zero-order valence-electron chi connectivity index (χ0n) is 12.4. The Morgan fingerprint density at radius 1 is 1.30 bits per heavy atom. The highest BCUT2D eigenvalue weighted by Gasteiger charge is 2.21. The fraction of sp³-hybridized carbons (Fsp3) is 0.400. The van der Waals surface area contributed by atoms with Crippen molar-refractivity contribution in [3.63, 3.8) is 0 Å². The number of nitrogens with zero attached hydrogens (tertiary/aromatic N) is 3. The SMILES string of the molecule is CCN(c1ccc(F)cc1)c1c(N)c(C(C)C)nn1C. The smallest absolute Gasteiger partial charge is 0.154 e. The van der Waals surface area contributed by atoms with E-state index in [2.05, 4.69) is 18.9 Å². The Hall–Kier alpha value is -2.04. The van der Waals surface area contributed by atoms with E-state index < -0.39 is 0 Å². The molecule has 4 nitrogen and oxygen atoms in total. The van der Waals surface area contributed by atoms with Crippen LogP contribution < -0.4 is 10.6 Å². The van der Waals surface area contributed by atoms with E-state index in [-0.39, 0.29) is 11.7 Å². The van der Waals surface area contributed by atoms with Gasteiger partial charge in [-0.3, -0.25) is 4.68 Å². The van der Waals surface area contributed by atoms with Crippen molar-refractivity contribution in [1.29, 1.82) is 0 Å². The predicted octanol–water partition coefficient (Wildman–Crippen LogP) is 3.42. The molecule has 0 radical (unpaired) electrons. The first-order valence-electron chi connectivity index (χ1n) is 6.81. The zero-order valence-corrected chi connectivity index (χ0v) is 12.4. The summed E-state index contributed by atoms with van der Waals surface area (Å²) in [7, 11) is 1.88. The minimum Gasteiger partial charge on any atom is -0.394 e. The van der Waals surface area contributed by atoms with E-state index >= 15 is 0 Å². The second kappa shape index (κ2) is 5.53. The van der Waals surface area contributed by atoms with Gasteiger partial charge in [-0.05, 0) is 37.1 Å². The Labute approximate surface area is 119 Å². The van der Waals surface area contributed by atoms with Crippen LogP contribution in [-0.2, 0) is 7.05 Å². The number of aryl methyl sites for hydroxylation is 1. The van der Waals surface area contributed by atoms with E-state index in [4.69, 9.17) is 5.73 Å². The molecule has 0 saturated carbocycles. The minimum atomic E-state index is -0.245. The Balaban J connectivity index is 2.49. The van der Waals surface area contributed by atoms with E-state index in [0.29, 0.717) is 5.69 Å². The van der Waals surface area contributed by atoms with Gasteiger partial charge >= 0.3 is 0 Å². The average molecular weight is 276 g/mol. The van der Waals surface area contributed by atoms with Crippen molar-refractivity contribution in [2.45, 2.75) is 26.7 Å². The van der Waals surface area contributed by atoms with Gasteiger partial charge < -0.3 is 10.6 Å². The topological polar surface area (TPSA) is 47.1 Å². The van der Waals surface area contributed by atoms with Crippen LogP contribution in [0.15, 0.2) is 24.3 Å². The molecule has 2 rings (SSSR count). The van der Waals surface area contributed by atoms with Crippen LogP contribution in [0.25, 0.3) is 0 Å². The number of nitrogen functional groups attached to an aromatic ring is 1. The highest BCUT2D eigenvalue weighted by Crippen LogP contribution is 2.34. The molecule has 0 amide bonds. The van der Waals surface area contributed by atoms with Crippen LogP contribution in [0.5, 0.6) is 0 Å². The quantitative estimate of drug-likeness (QED) is 0.930. The van der Waals surface area contributed by atoms with Gasteiger partial charge in [0.2, 0.25) is 0 Å². The van der Waals surface area contributed by atoms with Crippen molar-refractivity contribution < 1.29 is 4.39 Å². The van der Waals surface area contributed by atoms with Crippen LogP contribution >= 0.6 is 0 Å². The van der Waals surface area contributed by atoms with Crippen molar-refractivity contribution in [2.75, 3.05) is 17.2 Å². The summed E-state index contributed by atoms with van der Waals surface area (Å²) in [4.78, 5) is 2.04. The van der Waals surface area contributed by atoms with Crippen molar-refractivity contribution in [3.05, 3.63) is 35.8 Å². The highest BCUT2D eigenvalue weighted by atomic mass is 19.1. The molecule has 0 saturated heterocycles. The van der Waals surface area contributed by atoms with Gasteiger partial charge in [0.15, 0.2) is 5.82 Å². The lowest BCUT2D eigenvalue weighted by Crippen LogP contribution is -2.20. The van der Waals surface area contributed by atoms with Gasteiger partial charge in [0.05, 0.1) is 11.4 Å². The maximum atomic E-state index is 13.1. The van der Waals surface area contributed by atoms with Gasteiger partial charge in [-0.2, -0.15) is 5.10 Å². The molecule has 0 aliphatic rings. The maximum absolute atomic E-state index is 13.1. The van der Waals surface area contributed by atoms with Gasteiger partial charge in [0.1, 0.15) is 5.82 Å². The van der Waals surface area contributed by atoms with E-state index in [1.165, 1.54) is 12.1 Å². The summed E-state index contributed by atoms with van der Waals surface area (Å²) in [6.45, 7) is 6.89. The molecule has 0 atom stereocenters. The summed E-state index contributed by atoms with van der Waals surface area (Å²) in [5, 5.41) is 4.50. The lowest BCUT2D eigenvalue weighted by molar-refractivity contribution is 0.627. The van der Waals surface area contributed by atoms with E-state index in [0.717, 1.165) is 23.7 Å². The molecule has 0 bridgehead atoms. The molecule has 5 heteroatoms. The van der Waals surface area contributed by atoms with Crippen molar-refractivity contribution in [1.82, 2.24) is 9.78 Å². The number of halogens is 1. The summed E-state index contributed by atoms with van der Waals surface area (Å²) in [5.41, 5.74) is 8.73. The summed E-state index contributed by atoms with van der Waals surface area (Å²) in [5.74, 6) is 0.871. The van der Waals surface area contributed by atoms with Crippen LogP contribution in [0.2, 0.25) is 0 Å². The minimum absolute atomic E-state index is 0.245. The van der Waals surface area contributed by atoms with Crippen LogP contribution in [-0.4, -0.2) is 16.3 Å². The summed E-state index contributed by atoms with van der Waals surface area (Å²) in [6, 6.07) is 6.41. The molecule has 108 valence electrons. The van der Waals surface area contributed by atoms with Gasteiger partial charge in [-0.25, -0.2) is 4.39 Å². The fourth-order valence-corrected chi connectivity index (χ4v) is 2.37. The molecule has 0 aliphatic carbocycles. The van der Waals surface area contributed by atoms with Crippen LogP contribution in [0.1, 0.15) is 32.4 Å². The third kappa shape index (κ3) is 2.48. The van der Waals surface area contributed by atoms with Gasteiger partial charge in [-0.1, -0.05) is 13.8 Å². The second-order valence-electron chi connectivity index (χ2n) is 5.12. The molecule has 0 aliphatic heterocycles. The number of rotatable bonds is 4. The van der Waals surface area contributed by atoms with E-state index in [1.807, 2.05) is 18.9 Å². The Kier molecular flexibility index (Phi) is 3.97. The normalized spacial score (nSPS) is 11.1. The lowest BCUT2D eigenvalue weighted by atomic mass is 10.1. The molecule has 2 aromatic rings. The van der Waals surface area contributed by atoms with Crippen LogP contribution in [0.3, 0.4) is 0 Å². The van der Waals surface area contributed by atoms with Gasteiger partial charge in [0.25, 0.3) is 0 Å². The molecular formula is C15H21FN4. The number of benzene rings is 1. The summed E-state index contributed by atoms with van der Waals surface area (Å²) >= 11 is 0. The maximum Gasteiger partial charge on any atom is 0.154 e. The van der Waals surface area contributed by atoms with Crippen molar-refractivity contribution in [2.24, 2.45) is 7.05 Å². The second-order valence-corrected chi connectivity index (χ2v) is 5.12. The monoisotopic (exact) mass is 276 g/mol. The van der Waals surface area contributed by atoms with Gasteiger partial charge in [0, 0.05) is 19.3 Å². The number of hydrogen-bond donors (Lipinski definition) is 1. The van der Waals surface area contributed by atoms with Crippen LogP contribution in [0, 0.1) is 5.82 Å². The third-order valence-corrected chi connectivity index (χ3v) is 3.34. The number of hydrogen-bond acceptors (Lipinski definition) is 3. The standard InChI is InChI=1S/C15H21FN4/c1-5-20(12-8-6-11(16)7-9-12)15-13(17)14(10(2)3)18-19(15)4/h6-10H,5,17H2,1-4H3. The van der Waals surface area contributed by atoms with E-state index in [9.17, 15) is 4.39 Å². The molecule has 2 N–H and O–H groups in total. The molecule has 1 aromatic carbocycles. The number of anilines is 3. The van der Waals surface area contributed by atoms with Crippen LogP contribution in [0.4, 0.5) is 21.6 Å². The number of nitrogens with two attached hydrogens (primary N) is 1. The highest BCUT2D eigenvalue weighted by molar-refractivity contribution is 5.73. The first kappa shape index (κ1) is 14.4. The largest absolute Gasteiger partial charge is 0.394 e. The zero-order chi connectivity index (χ0) is 14.9. The molecular weight excluding hydrogens is 255 g/mol. The lowest BCUT2D eigenvalue weighted by Gasteiger charge is -2.23. The fourth-order valence-electron chi connectivity index (χ4n) is 2.37. The molecule has 20 heavy (non-hydrogen) atoms. The molecule has 1 aromatic heterocycles. The van der Waals surface area contributed by atoms with Crippen molar-refractivity contribution in [3.8, 4) is 0 Å². The van der Waals surface area contributed by atoms with Crippen molar-refractivity contribution >= 4 is 17.2 Å². The van der Waals surface area contributed by atoms with Gasteiger partial charge in [-0.15, -0.1) is 0 Å². The average Bonchev–Trinajstić information content (AvgIpc) is 2.70. The molecule has 0 fully saturated rings. The Bertz CT molecular complexity index is 587. The summed E-state index contributed by atoms with van der Waals surface area (Å²) in [6.07, 6.45) is 0. The number of aromatic nitrogens is 2. The Morgan fingerprint density at radius 2 is 1.90 bits per heavy atom. The molecule has 1 heterocycles. The van der Waals surface area contributed by atoms with E-state index in [1.54, 1.807) is 16.8 Å². The molecule has 0 spiro atoms. The first-order chi connectivity index (χ1) is 9.45. The first-order valence-corrected chi connectivity index (χ1v) is 6.81. The summed E-state index contributed by atoms with van der Waals surface area (Å²) < 4.78 is 14.9. The Morgan fingerprint density at radius 3 is 2.35 bits per heavy atom.